The zero-order valence-corrected chi connectivity index (χ0v) is 18.6. The van der Waals surface area contributed by atoms with Gasteiger partial charge in [-0.1, -0.05) is 36.4 Å². The number of benzene rings is 2. The first kappa shape index (κ1) is 21.9. The molecule has 1 aromatic heterocycles. The van der Waals surface area contributed by atoms with Gasteiger partial charge < -0.3 is 19.8 Å². The Hall–Kier alpha value is -3.28. The molecule has 32 heavy (non-hydrogen) atoms. The van der Waals surface area contributed by atoms with Crippen LogP contribution in [0, 0.1) is 0 Å². The Morgan fingerprint density at radius 3 is 2.38 bits per heavy atom. The average Bonchev–Trinajstić information content (AvgIpc) is 3.37. The molecule has 0 amide bonds. The minimum Gasteiger partial charge on any atom is -0.469 e. The Kier molecular flexibility index (Phi) is 6.78. The lowest BCUT2D eigenvalue weighted by atomic mass is 9.86. The number of fused-ring (bicyclic) bond motifs is 2. The molecule has 0 saturated carbocycles. The van der Waals surface area contributed by atoms with Gasteiger partial charge in [0, 0.05) is 41.0 Å². The van der Waals surface area contributed by atoms with E-state index >= 15 is 0 Å². The maximum atomic E-state index is 11.7. The summed E-state index contributed by atoms with van der Waals surface area (Å²) < 4.78 is 9.65. The lowest BCUT2D eigenvalue weighted by Crippen LogP contribution is -2.15. The van der Waals surface area contributed by atoms with Crippen molar-refractivity contribution in [2.75, 3.05) is 19.5 Å². The summed E-state index contributed by atoms with van der Waals surface area (Å²) in [5.41, 5.74) is 5.92. The third-order valence-corrected chi connectivity index (χ3v) is 6.39. The summed E-state index contributed by atoms with van der Waals surface area (Å²) in [4.78, 5) is 27.0. The number of hydrogen-bond donors (Lipinski definition) is 2. The molecule has 0 bridgehead atoms. The van der Waals surface area contributed by atoms with Crippen molar-refractivity contribution in [3.63, 3.8) is 0 Å². The van der Waals surface area contributed by atoms with Crippen LogP contribution in [0.5, 0.6) is 0 Å². The highest BCUT2D eigenvalue weighted by Gasteiger charge is 2.35. The molecular formula is C26H30N2O4. The second kappa shape index (κ2) is 9.90. The van der Waals surface area contributed by atoms with Gasteiger partial charge in [0.05, 0.1) is 20.3 Å². The monoisotopic (exact) mass is 434 g/mol. The predicted octanol–water partition coefficient (Wildman–Crippen LogP) is 5.26. The Morgan fingerprint density at radius 2 is 1.59 bits per heavy atom. The predicted molar refractivity (Wildman–Crippen MR) is 125 cm³/mol. The summed E-state index contributed by atoms with van der Waals surface area (Å²) in [6.07, 6.45) is 3.98. The van der Waals surface area contributed by atoms with Crippen LogP contribution in [0.3, 0.4) is 0 Å². The van der Waals surface area contributed by atoms with E-state index in [0.29, 0.717) is 12.8 Å². The fourth-order valence-corrected chi connectivity index (χ4v) is 4.83. The van der Waals surface area contributed by atoms with E-state index < -0.39 is 0 Å². The van der Waals surface area contributed by atoms with Crippen molar-refractivity contribution in [3.05, 3.63) is 65.4 Å². The Morgan fingerprint density at radius 1 is 0.906 bits per heavy atom. The molecule has 1 aliphatic heterocycles. The van der Waals surface area contributed by atoms with Gasteiger partial charge in [0.15, 0.2) is 0 Å². The van der Waals surface area contributed by atoms with Gasteiger partial charge in [-0.15, -0.1) is 0 Å². The fourth-order valence-electron chi connectivity index (χ4n) is 4.83. The second-order valence-corrected chi connectivity index (χ2v) is 8.28. The number of ether oxygens (including phenoxy) is 2. The number of carbonyl (C=O) groups is 2. The fraction of sp³-hybridized carbons (Fsp3) is 0.385. The van der Waals surface area contributed by atoms with E-state index in [-0.39, 0.29) is 23.9 Å². The number of carbonyl (C=O) groups excluding carboxylic acids is 2. The molecule has 0 radical (unpaired) electrons. The van der Waals surface area contributed by atoms with Crippen LogP contribution in [-0.2, 0) is 25.5 Å². The van der Waals surface area contributed by atoms with Crippen molar-refractivity contribution in [1.29, 1.82) is 0 Å². The van der Waals surface area contributed by atoms with Crippen LogP contribution < -0.4 is 5.32 Å². The second-order valence-electron chi connectivity index (χ2n) is 8.28. The van der Waals surface area contributed by atoms with E-state index in [2.05, 4.69) is 46.7 Å². The summed E-state index contributed by atoms with van der Waals surface area (Å²) in [6.45, 7) is 0. The standard InChI is InChI=1S/C26H30N2O4/c1-31-23(29)15-7-11-19-17-9-3-5-13-21(17)27-25(19)26-20(12-8-16-24(30)32-2)18-10-4-6-14-22(18)28-26/h3-6,9-10,13-14,19,25,27-28H,7-8,11-12,15-16H2,1-2H3. The number of methoxy groups -OCH3 is 2. The summed E-state index contributed by atoms with van der Waals surface area (Å²) in [5.74, 6) is -0.114. The number of esters is 2. The van der Waals surface area contributed by atoms with Gasteiger partial charge in [-0.25, -0.2) is 0 Å². The number of aromatic amines is 1. The largest absolute Gasteiger partial charge is 0.469 e. The van der Waals surface area contributed by atoms with Crippen LogP contribution in [0.15, 0.2) is 48.5 Å². The van der Waals surface area contributed by atoms with Gasteiger partial charge >= 0.3 is 11.9 Å². The number of aryl methyl sites for hydroxylation is 1. The number of anilines is 1. The quantitative estimate of drug-likeness (QED) is 0.449. The molecule has 4 rings (SSSR count). The molecule has 2 atom stereocenters. The smallest absolute Gasteiger partial charge is 0.305 e. The highest BCUT2D eigenvalue weighted by molar-refractivity contribution is 5.85. The summed E-state index contributed by atoms with van der Waals surface area (Å²) in [7, 11) is 2.86. The molecule has 2 aromatic carbocycles. The molecule has 0 spiro atoms. The molecule has 0 fully saturated rings. The van der Waals surface area contributed by atoms with Gasteiger partial charge in [-0.05, 0) is 48.9 Å². The SMILES string of the molecule is COC(=O)CCCc1c(C2Nc3ccccc3C2CCCC(=O)OC)[nH]c2ccccc12. The molecule has 2 N–H and O–H groups in total. The maximum Gasteiger partial charge on any atom is 0.305 e. The maximum absolute atomic E-state index is 11.7. The molecular weight excluding hydrogens is 404 g/mol. The number of hydrogen-bond acceptors (Lipinski definition) is 5. The van der Waals surface area contributed by atoms with Crippen LogP contribution in [0.4, 0.5) is 5.69 Å². The number of rotatable bonds is 9. The van der Waals surface area contributed by atoms with Crippen LogP contribution in [0.2, 0.25) is 0 Å². The van der Waals surface area contributed by atoms with E-state index in [9.17, 15) is 9.59 Å². The van der Waals surface area contributed by atoms with Gasteiger partial charge in [0.1, 0.15) is 0 Å². The van der Waals surface area contributed by atoms with E-state index in [1.165, 1.54) is 30.7 Å². The number of para-hydroxylation sites is 2. The molecule has 168 valence electrons. The minimum absolute atomic E-state index is 0.0746. The highest BCUT2D eigenvalue weighted by atomic mass is 16.5. The first-order valence-corrected chi connectivity index (χ1v) is 11.2. The van der Waals surface area contributed by atoms with E-state index in [1.807, 2.05) is 12.1 Å². The summed E-state index contributed by atoms with van der Waals surface area (Å²) >= 11 is 0. The lowest BCUT2D eigenvalue weighted by molar-refractivity contribution is -0.141. The Labute approximate surface area is 188 Å². The van der Waals surface area contributed by atoms with Gasteiger partial charge in [-0.2, -0.15) is 0 Å². The van der Waals surface area contributed by atoms with E-state index in [4.69, 9.17) is 9.47 Å². The number of nitrogens with one attached hydrogen (secondary N) is 2. The van der Waals surface area contributed by atoms with Gasteiger partial charge in [0.2, 0.25) is 0 Å². The van der Waals surface area contributed by atoms with Gasteiger partial charge in [0.25, 0.3) is 0 Å². The molecule has 3 aromatic rings. The number of H-pyrrole nitrogens is 1. The lowest BCUT2D eigenvalue weighted by Gasteiger charge is -2.21. The molecule has 0 aliphatic carbocycles. The van der Waals surface area contributed by atoms with Crippen molar-refractivity contribution in [1.82, 2.24) is 4.98 Å². The highest BCUT2D eigenvalue weighted by Crippen LogP contribution is 2.48. The molecule has 2 unspecified atom stereocenters. The van der Waals surface area contributed by atoms with E-state index in [1.54, 1.807) is 0 Å². The first-order chi connectivity index (χ1) is 15.6. The van der Waals surface area contributed by atoms with Gasteiger partial charge in [-0.3, -0.25) is 9.59 Å². The van der Waals surface area contributed by atoms with Crippen molar-refractivity contribution in [2.24, 2.45) is 0 Å². The third-order valence-electron chi connectivity index (χ3n) is 6.39. The molecule has 0 saturated heterocycles. The van der Waals surface area contributed by atoms with Crippen molar-refractivity contribution < 1.29 is 19.1 Å². The minimum atomic E-state index is -0.182. The summed E-state index contributed by atoms with van der Waals surface area (Å²) in [5, 5.41) is 4.92. The van der Waals surface area contributed by atoms with Crippen LogP contribution in [0.25, 0.3) is 10.9 Å². The van der Waals surface area contributed by atoms with Crippen LogP contribution in [0.1, 0.15) is 60.9 Å². The molecule has 2 heterocycles. The third kappa shape index (κ3) is 4.49. The molecule has 1 aliphatic rings. The van der Waals surface area contributed by atoms with Crippen molar-refractivity contribution in [3.8, 4) is 0 Å². The zero-order valence-electron chi connectivity index (χ0n) is 18.6. The summed E-state index contributed by atoms with van der Waals surface area (Å²) in [6, 6.07) is 16.8. The average molecular weight is 435 g/mol. The molecule has 6 nitrogen and oxygen atoms in total. The normalized spacial score (nSPS) is 17.1. The van der Waals surface area contributed by atoms with Crippen molar-refractivity contribution >= 4 is 28.5 Å². The Bertz CT molecular complexity index is 1100. The molecule has 6 heteroatoms. The van der Waals surface area contributed by atoms with E-state index in [0.717, 1.165) is 42.6 Å². The van der Waals surface area contributed by atoms with Crippen molar-refractivity contribution in [2.45, 2.75) is 50.5 Å². The first-order valence-electron chi connectivity index (χ1n) is 11.2. The Balaban J connectivity index is 1.65. The number of aromatic nitrogens is 1. The topological polar surface area (TPSA) is 80.4 Å². The van der Waals surface area contributed by atoms with Crippen LogP contribution in [-0.4, -0.2) is 31.1 Å². The zero-order chi connectivity index (χ0) is 22.5. The van der Waals surface area contributed by atoms with Crippen LogP contribution >= 0.6 is 0 Å².